The Hall–Kier alpha value is -6.03. The SMILES string of the molecule is CN(C)C(=O)c1cc2c(N3CCN(CCCCCCCCc4cccc5c4n(C)c(=O)n5C4CCC(=O)NC4=O)CC3)cc(C3=CCCN(C(=O)CCn4ccnn4)C3)cc2[nH]1. The number of para-hydroxylation sites is 1. The lowest BCUT2D eigenvalue weighted by Gasteiger charge is -2.37. The molecule has 16 nitrogen and oxygen atoms in total. The molecule has 3 aromatic heterocycles. The van der Waals surface area contributed by atoms with Crippen molar-refractivity contribution >= 4 is 56.8 Å². The zero-order valence-electron chi connectivity index (χ0n) is 36.3. The van der Waals surface area contributed by atoms with Crippen LogP contribution in [0.5, 0.6) is 0 Å². The van der Waals surface area contributed by atoms with Crippen molar-refractivity contribution in [1.29, 1.82) is 0 Å². The van der Waals surface area contributed by atoms with Crippen LogP contribution in [0.3, 0.4) is 0 Å². The Kier molecular flexibility index (Phi) is 13.0. The molecular formula is C46H59N11O5. The predicted molar refractivity (Wildman–Crippen MR) is 239 cm³/mol. The lowest BCUT2D eigenvalue weighted by Crippen LogP contribution is -2.46. The molecule has 1 atom stereocenters. The van der Waals surface area contributed by atoms with Crippen LogP contribution in [0.15, 0.2) is 59.7 Å². The van der Waals surface area contributed by atoms with Crippen molar-refractivity contribution < 1.29 is 19.2 Å². The van der Waals surface area contributed by atoms with Crippen LogP contribution in [-0.4, -0.2) is 127 Å². The minimum atomic E-state index is -0.676. The number of imide groups is 1. The molecule has 2 aromatic carbocycles. The highest BCUT2D eigenvalue weighted by Crippen LogP contribution is 2.35. The van der Waals surface area contributed by atoms with Crippen molar-refractivity contribution in [3.63, 3.8) is 0 Å². The minimum absolute atomic E-state index is 0.0653. The largest absolute Gasteiger partial charge is 0.368 e. The smallest absolute Gasteiger partial charge is 0.329 e. The standard InChI is InChI=1S/C46H59N11O5/c1-51(2)45(61)37-30-35-36(48-37)28-34(33-14-11-21-55(31-33)42(59)18-22-56-23-19-47-50-56)29-40(35)54-26-24-53(25-27-54)20-9-7-5-4-6-8-12-32-13-10-15-38-43(32)52(3)46(62)57(38)39-16-17-41(58)49-44(39)60/h10,13-15,19,23,28-30,39,48H,4-9,11-12,16-18,20-22,24-27,31H2,1-3H3,(H,49,58,60). The van der Waals surface area contributed by atoms with Crippen molar-refractivity contribution in [3.8, 4) is 0 Å². The van der Waals surface area contributed by atoms with Gasteiger partial charge in [0, 0.05) is 96.0 Å². The molecule has 0 aliphatic carbocycles. The molecule has 0 spiro atoms. The molecular weight excluding hydrogens is 787 g/mol. The number of piperidine rings is 1. The maximum absolute atomic E-state index is 13.3. The van der Waals surface area contributed by atoms with Crippen LogP contribution in [0, 0.1) is 0 Å². The Balaban J connectivity index is 0.821. The Morgan fingerprint density at radius 3 is 2.47 bits per heavy atom. The summed E-state index contributed by atoms with van der Waals surface area (Å²) in [7, 11) is 5.30. The van der Waals surface area contributed by atoms with Crippen LogP contribution >= 0.6 is 0 Å². The van der Waals surface area contributed by atoms with Crippen LogP contribution in [-0.2, 0) is 34.4 Å². The molecule has 0 radical (unpaired) electrons. The number of imidazole rings is 1. The number of fused-ring (bicyclic) bond motifs is 2. The van der Waals surface area contributed by atoms with Gasteiger partial charge >= 0.3 is 5.69 Å². The third-order valence-corrected chi connectivity index (χ3v) is 12.8. The molecule has 8 rings (SSSR count). The van der Waals surface area contributed by atoms with E-state index in [1.54, 1.807) is 52.3 Å². The molecule has 2 fully saturated rings. The number of carbonyl (C=O) groups is 4. The second kappa shape index (κ2) is 18.9. The topological polar surface area (TPSA) is 167 Å². The molecule has 0 bridgehead atoms. The number of carbonyl (C=O) groups excluding carboxylic acids is 4. The second-order valence-electron chi connectivity index (χ2n) is 17.3. The number of rotatable bonds is 16. The fourth-order valence-corrected chi connectivity index (χ4v) is 9.43. The third kappa shape index (κ3) is 9.25. The molecule has 6 heterocycles. The zero-order valence-corrected chi connectivity index (χ0v) is 36.3. The number of nitrogens with zero attached hydrogens (tertiary/aromatic N) is 9. The van der Waals surface area contributed by atoms with E-state index in [2.05, 4.69) is 54.7 Å². The van der Waals surface area contributed by atoms with Crippen molar-refractivity contribution in [2.24, 2.45) is 7.05 Å². The van der Waals surface area contributed by atoms with Gasteiger partial charge in [-0.1, -0.05) is 49.1 Å². The number of H-pyrrole nitrogens is 1. The summed E-state index contributed by atoms with van der Waals surface area (Å²) in [6.45, 7) is 6.52. The van der Waals surface area contributed by atoms with Gasteiger partial charge < -0.3 is 19.7 Å². The van der Waals surface area contributed by atoms with Crippen LogP contribution in [0.2, 0.25) is 0 Å². The highest BCUT2D eigenvalue weighted by molar-refractivity contribution is 6.03. The van der Waals surface area contributed by atoms with E-state index in [0.717, 1.165) is 116 Å². The Morgan fingerprint density at radius 2 is 1.71 bits per heavy atom. The molecule has 62 heavy (non-hydrogen) atoms. The predicted octanol–water partition coefficient (Wildman–Crippen LogP) is 4.50. The summed E-state index contributed by atoms with van der Waals surface area (Å²) in [6, 6.07) is 11.6. The van der Waals surface area contributed by atoms with Crippen LogP contribution < -0.4 is 15.9 Å². The summed E-state index contributed by atoms with van der Waals surface area (Å²) in [5.41, 5.74) is 7.30. The number of anilines is 1. The lowest BCUT2D eigenvalue weighted by molar-refractivity contribution is -0.136. The van der Waals surface area contributed by atoms with E-state index < -0.39 is 11.9 Å². The molecule has 328 valence electrons. The fraction of sp³-hybridized carbons (Fsp3) is 0.500. The molecule has 1 unspecified atom stereocenters. The number of unbranched alkanes of at least 4 members (excludes halogenated alkanes) is 5. The first-order chi connectivity index (χ1) is 30.0. The van der Waals surface area contributed by atoms with Gasteiger partial charge in [0.15, 0.2) is 0 Å². The normalized spacial score (nSPS) is 17.5. The van der Waals surface area contributed by atoms with E-state index in [-0.39, 0.29) is 29.8 Å². The Bertz CT molecular complexity index is 2520. The first-order valence-corrected chi connectivity index (χ1v) is 22.2. The van der Waals surface area contributed by atoms with Gasteiger partial charge in [-0.25, -0.2) is 4.79 Å². The van der Waals surface area contributed by atoms with E-state index in [0.29, 0.717) is 38.2 Å². The first-order valence-electron chi connectivity index (χ1n) is 22.2. The van der Waals surface area contributed by atoms with Crippen LogP contribution in [0.4, 0.5) is 5.69 Å². The zero-order chi connectivity index (χ0) is 43.3. The highest BCUT2D eigenvalue weighted by Gasteiger charge is 2.32. The van der Waals surface area contributed by atoms with Crippen molar-refractivity contribution in [2.45, 2.75) is 83.2 Å². The number of aromatic amines is 1. The van der Waals surface area contributed by atoms with E-state index in [1.807, 2.05) is 23.1 Å². The molecule has 2 N–H and O–H groups in total. The molecule has 3 aliphatic heterocycles. The average molecular weight is 846 g/mol. The maximum atomic E-state index is 13.3. The number of aromatic nitrogens is 6. The summed E-state index contributed by atoms with van der Waals surface area (Å²) in [6.07, 6.45) is 15.0. The lowest BCUT2D eigenvalue weighted by atomic mass is 9.98. The quantitative estimate of drug-likeness (QED) is 0.107. The van der Waals surface area contributed by atoms with E-state index >= 15 is 0 Å². The number of hydrogen-bond donors (Lipinski definition) is 2. The summed E-state index contributed by atoms with van der Waals surface area (Å²) < 4.78 is 4.89. The van der Waals surface area contributed by atoms with Crippen LogP contribution in [0.25, 0.3) is 27.5 Å². The second-order valence-corrected chi connectivity index (χ2v) is 17.3. The summed E-state index contributed by atoms with van der Waals surface area (Å²) >= 11 is 0. The van der Waals surface area contributed by atoms with E-state index in [1.165, 1.54) is 12.8 Å². The Labute approximate surface area is 361 Å². The molecule has 5 aromatic rings. The number of amides is 4. The van der Waals surface area contributed by atoms with Gasteiger partial charge in [0.2, 0.25) is 17.7 Å². The minimum Gasteiger partial charge on any atom is -0.368 e. The number of nitrogens with one attached hydrogen (secondary N) is 2. The van der Waals surface area contributed by atoms with E-state index in [9.17, 15) is 24.0 Å². The van der Waals surface area contributed by atoms with Crippen molar-refractivity contribution in [1.82, 2.24) is 49.1 Å². The monoisotopic (exact) mass is 845 g/mol. The van der Waals surface area contributed by atoms with E-state index in [4.69, 9.17) is 0 Å². The van der Waals surface area contributed by atoms with Crippen molar-refractivity contribution in [3.05, 3.63) is 82.2 Å². The number of piperazine rings is 1. The summed E-state index contributed by atoms with van der Waals surface area (Å²) in [4.78, 5) is 75.9. The molecule has 2 saturated heterocycles. The summed E-state index contributed by atoms with van der Waals surface area (Å²) in [5, 5.41) is 11.3. The van der Waals surface area contributed by atoms with Gasteiger partial charge in [0.1, 0.15) is 11.7 Å². The van der Waals surface area contributed by atoms with Gasteiger partial charge in [-0.05, 0) is 79.6 Å². The molecule has 4 amide bonds. The molecule has 0 saturated carbocycles. The molecule has 16 heteroatoms. The fourth-order valence-electron chi connectivity index (χ4n) is 9.43. The van der Waals surface area contributed by atoms with Gasteiger partial charge in [0.25, 0.3) is 5.91 Å². The highest BCUT2D eigenvalue weighted by atomic mass is 16.2. The van der Waals surface area contributed by atoms with Crippen molar-refractivity contribution in [2.75, 3.05) is 64.8 Å². The number of hydrogen-bond acceptors (Lipinski definition) is 9. The average Bonchev–Trinajstić information content (AvgIpc) is 4.02. The number of benzene rings is 2. The molecule has 3 aliphatic rings. The first kappa shape index (κ1) is 42.7. The third-order valence-electron chi connectivity index (χ3n) is 12.8. The van der Waals surface area contributed by atoms with Gasteiger partial charge in [-0.15, -0.1) is 5.10 Å². The van der Waals surface area contributed by atoms with Gasteiger partial charge in [-0.3, -0.25) is 43.2 Å². The van der Waals surface area contributed by atoms with Crippen LogP contribution in [0.1, 0.15) is 91.9 Å². The summed E-state index contributed by atoms with van der Waals surface area (Å²) in [5.74, 6) is -0.667. The Morgan fingerprint density at radius 1 is 0.919 bits per heavy atom. The van der Waals surface area contributed by atoms with Gasteiger partial charge in [-0.2, -0.15) is 0 Å². The van der Waals surface area contributed by atoms with Gasteiger partial charge in [0.05, 0.1) is 23.8 Å². The number of aryl methyl sites for hydroxylation is 3. The maximum Gasteiger partial charge on any atom is 0.329 e.